The number of H-pyrrole nitrogens is 2. The summed E-state index contributed by atoms with van der Waals surface area (Å²) in [6, 6.07) is 15.5. The fourth-order valence-electron chi connectivity index (χ4n) is 10.8. The first-order valence-corrected chi connectivity index (χ1v) is 23.0. The van der Waals surface area contributed by atoms with Crippen molar-refractivity contribution in [3.8, 4) is 33.6 Å². The molecule has 0 bridgehead atoms. The van der Waals surface area contributed by atoms with Gasteiger partial charge in [0.1, 0.15) is 17.7 Å². The summed E-state index contributed by atoms with van der Waals surface area (Å²) in [5.74, 6) is 0.466. The summed E-state index contributed by atoms with van der Waals surface area (Å²) in [7, 11) is 2.69. The molecule has 64 heavy (non-hydrogen) atoms. The number of ether oxygens (including phenoxy) is 4. The number of carbonyl (C=O) groups excluding carboxylic acids is 4. The molecular weight excluding hydrogens is 815 g/mol. The topological polar surface area (TPSA) is 181 Å². The van der Waals surface area contributed by atoms with E-state index in [1.807, 2.05) is 49.9 Å². The van der Waals surface area contributed by atoms with E-state index in [4.69, 9.17) is 28.9 Å². The number of likely N-dealkylation sites (tertiary alicyclic amines) is 2. The largest absolute Gasteiger partial charge is 0.469 e. The minimum absolute atomic E-state index is 0.0111. The molecule has 0 unspecified atom stereocenters. The molecule has 0 saturated carbocycles. The minimum Gasteiger partial charge on any atom is -0.469 e. The maximum absolute atomic E-state index is 14.3. The Labute approximate surface area is 375 Å². The third-order valence-electron chi connectivity index (χ3n) is 13.8. The third-order valence-corrected chi connectivity index (χ3v) is 13.8. The predicted octanol–water partition coefficient (Wildman–Crippen LogP) is 7.77. The SMILES string of the molecule is COC(=O)C[C@H](C(=O)N1CCC[C@H]1c1ncc(-c2ccc(-c3ccc(-c4cnc([C@@H]5CCCN5C(=O)[C@@H](NC(=O)OC)C5C[C@@H](C)O[C@H](C)C5)[nH]4)cc3)cc2)[nH]1)C1C[C@@H](C)O[C@H](C)C1. The van der Waals surface area contributed by atoms with Crippen LogP contribution in [-0.2, 0) is 33.3 Å². The number of aromatic nitrogens is 4. The standard InChI is InChI=1S/C49H63N7O8/c1-28-21-36(22-29(2)63-28)38(25-43(57)61-5)47(58)55-19-7-9-41(55)45-50-26-39(52-45)34-15-11-32(12-16-34)33-13-17-35(18-14-33)40-27-51-46(53-40)42-10-8-20-56(42)48(59)44(54-49(60)62-6)37-23-30(3)64-31(4)24-37/h11-18,26-31,36-38,41-42,44H,7-10,19-25H2,1-6H3,(H,50,52)(H,51,53)(H,54,60)/t28-,29-,30-,31-,38+,41+,42+,44+/m1/s1. The molecule has 4 aliphatic heterocycles. The Bertz CT molecular complexity index is 2080. The number of carbonyl (C=O) groups is 4. The van der Waals surface area contributed by atoms with E-state index >= 15 is 0 Å². The van der Waals surface area contributed by atoms with Crippen LogP contribution in [0, 0.1) is 17.8 Å². The van der Waals surface area contributed by atoms with Gasteiger partial charge >= 0.3 is 12.1 Å². The number of benzene rings is 2. The maximum atomic E-state index is 14.3. The van der Waals surface area contributed by atoms with Crippen molar-refractivity contribution in [3.05, 3.63) is 72.6 Å². The van der Waals surface area contributed by atoms with Gasteiger partial charge < -0.3 is 44.0 Å². The molecule has 0 spiro atoms. The molecule has 4 aliphatic rings. The predicted molar refractivity (Wildman–Crippen MR) is 239 cm³/mol. The van der Waals surface area contributed by atoms with Crippen LogP contribution in [0.4, 0.5) is 4.79 Å². The Balaban J connectivity index is 0.917. The van der Waals surface area contributed by atoms with Crippen molar-refractivity contribution in [1.82, 2.24) is 35.1 Å². The summed E-state index contributed by atoms with van der Waals surface area (Å²) in [6.45, 7) is 9.27. The van der Waals surface area contributed by atoms with Crippen molar-refractivity contribution in [2.24, 2.45) is 17.8 Å². The van der Waals surface area contributed by atoms with Crippen LogP contribution in [0.15, 0.2) is 60.9 Å². The highest BCUT2D eigenvalue weighted by atomic mass is 16.5. The van der Waals surface area contributed by atoms with Crippen molar-refractivity contribution in [3.63, 3.8) is 0 Å². The van der Waals surface area contributed by atoms with Gasteiger partial charge in [0.05, 0.1) is 86.8 Å². The molecule has 3 N–H and O–H groups in total. The van der Waals surface area contributed by atoms with Crippen LogP contribution in [0.25, 0.3) is 33.6 Å². The van der Waals surface area contributed by atoms with Gasteiger partial charge in [-0.1, -0.05) is 48.5 Å². The quantitative estimate of drug-likeness (QED) is 0.119. The molecule has 15 nitrogen and oxygen atoms in total. The lowest BCUT2D eigenvalue weighted by Gasteiger charge is -2.38. The molecule has 8 atom stereocenters. The first kappa shape index (κ1) is 45.0. The molecule has 6 heterocycles. The lowest BCUT2D eigenvalue weighted by atomic mass is 9.79. The number of nitrogens with one attached hydrogen (secondary N) is 3. The van der Waals surface area contributed by atoms with E-state index in [-0.39, 0.29) is 72.5 Å². The van der Waals surface area contributed by atoms with Gasteiger partial charge in [-0.3, -0.25) is 14.4 Å². The highest BCUT2D eigenvalue weighted by molar-refractivity contribution is 5.87. The van der Waals surface area contributed by atoms with Gasteiger partial charge in [0.2, 0.25) is 11.8 Å². The second-order valence-electron chi connectivity index (χ2n) is 18.4. The first-order valence-electron chi connectivity index (χ1n) is 23.0. The van der Waals surface area contributed by atoms with Gasteiger partial charge in [0, 0.05) is 13.1 Å². The van der Waals surface area contributed by atoms with Gasteiger partial charge in [-0.25, -0.2) is 14.8 Å². The lowest BCUT2D eigenvalue weighted by molar-refractivity contribution is -0.152. The number of hydrogen-bond acceptors (Lipinski definition) is 10. The maximum Gasteiger partial charge on any atom is 0.407 e. The molecule has 0 radical (unpaired) electrons. The Morgan fingerprint density at radius 2 is 1.09 bits per heavy atom. The average molecular weight is 878 g/mol. The Morgan fingerprint density at radius 3 is 1.55 bits per heavy atom. The summed E-state index contributed by atoms with van der Waals surface area (Å²) in [5, 5.41) is 2.85. The van der Waals surface area contributed by atoms with Crippen LogP contribution in [0.2, 0.25) is 0 Å². The molecule has 2 aromatic heterocycles. The molecule has 4 fully saturated rings. The molecule has 4 aromatic rings. The molecule has 342 valence electrons. The molecule has 4 saturated heterocycles. The molecule has 15 heteroatoms. The summed E-state index contributed by atoms with van der Waals surface area (Å²) in [6.07, 6.45) is 9.17. The number of imidazole rings is 2. The van der Waals surface area contributed by atoms with E-state index in [0.717, 1.165) is 83.8 Å². The van der Waals surface area contributed by atoms with E-state index in [2.05, 4.69) is 63.8 Å². The molecule has 2 aromatic carbocycles. The van der Waals surface area contributed by atoms with Crippen LogP contribution in [-0.4, -0.2) is 111 Å². The van der Waals surface area contributed by atoms with E-state index in [1.54, 1.807) is 0 Å². The van der Waals surface area contributed by atoms with E-state index < -0.39 is 18.1 Å². The zero-order chi connectivity index (χ0) is 45.1. The summed E-state index contributed by atoms with van der Waals surface area (Å²) in [5.41, 5.74) is 5.81. The molecule has 8 rings (SSSR count). The monoisotopic (exact) mass is 877 g/mol. The number of aromatic amines is 2. The third kappa shape index (κ3) is 9.90. The summed E-state index contributed by atoms with van der Waals surface area (Å²) >= 11 is 0. The fraction of sp³-hybridized carbons (Fsp3) is 0.551. The lowest BCUT2D eigenvalue weighted by Crippen LogP contribution is -2.54. The van der Waals surface area contributed by atoms with Crippen molar-refractivity contribution < 1.29 is 38.1 Å². The zero-order valence-electron chi connectivity index (χ0n) is 37.9. The first-order chi connectivity index (χ1) is 30.9. The number of alkyl carbamates (subject to hydrolysis) is 1. The van der Waals surface area contributed by atoms with Crippen LogP contribution in [0.3, 0.4) is 0 Å². The average Bonchev–Trinajstić information content (AvgIpc) is 4.14. The van der Waals surface area contributed by atoms with Crippen molar-refractivity contribution in [2.45, 2.75) is 128 Å². The van der Waals surface area contributed by atoms with Crippen LogP contribution in [0.1, 0.15) is 109 Å². The highest BCUT2D eigenvalue weighted by Crippen LogP contribution is 2.40. The number of nitrogens with zero attached hydrogens (tertiary/aromatic N) is 4. The Hall–Kier alpha value is -5.54. The van der Waals surface area contributed by atoms with E-state index in [1.165, 1.54) is 14.2 Å². The van der Waals surface area contributed by atoms with E-state index in [9.17, 15) is 19.2 Å². The van der Waals surface area contributed by atoms with Crippen molar-refractivity contribution in [2.75, 3.05) is 27.3 Å². The van der Waals surface area contributed by atoms with Crippen molar-refractivity contribution in [1.29, 1.82) is 0 Å². The molecular formula is C49H63N7O8. The minimum atomic E-state index is -0.717. The number of methoxy groups -OCH3 is 2. The van der Waals surface area contributed by atoms with Crippen molar-refractivity contribution >= 4 is 23.9 Å². The van der Waals surface area contributed by atoms with Gasteiger partial charge in [-0.15, -0.1) is 0 Å². The Morgan fingerprint density at radius 1 is 0.656 bits per heavy atom. The number of hydrogen-bond donors (Lipinski definition) is 3. The second-order valence-corrected chi connectivity index (χ2v) is 18.4. The van der Waals surface area contributed by atoms with Gasteiger partial charge in [0.25, 0.3) is 0 Å². The van der Waals surface area contributed by atoms with Crippen LogP contribution >= 0.6 is 0 Å². The van der Waals surface area contributed by atoms with Crippen LogP contribution in [0.5, 0.6) is 0 Å². The number of esters is 1. The Kier molecular flexibility index (Phi) is 13.9. The van der Waals surface area contributed by atoms with Gasteiger partial charge in [-0.05, 0) is 113 Å². The molecule has 0 aliphatic carbocycles. The normalized spacial score (nSPS) is 26.9. The van der Waals surface area contributed by atoms with E-state index in [0.29, 0.717) is 25.9 Å². The van der Waals surface area contributed by atoms with Crippen LogP contribution < -0.4 is 5.32 Å². The zero-order valence-corrected chi connectivity index (χ0v) is 37.9. The van der Waals surface area contributed by atoms with Gasteiger partial charge in [-0.2, -0.15) is 0 Å². The van der Waals surface area contributed by atoms with Gasteiger partial charge in [0.15, 0.2) is 0 Å². The number of rotatable bonds is 12. The summed E-state index contributed by atoms with van der Waals surface area (Å²) in [4.78, 5) is 73.7. The summed E-state index contributed by atoms with van der Waals surface area (Å²) < 4.78 is 21.9. The fourth-order valence-corrected chi connectivity index (χ4v) is 10.8. The molecule has 3 amide bonds. The highest BCUT2D eigenvalue weighted by Gasteiger charge is 2.43. The second kappa shape index (κ2) is 19.7. The smallest absolute Gasteiger partial charge is 0.407 e. The number of amides is 3.